The van der Waals surface area contributed by atoms with Gasteiger partial charge in [0, 0.05) is 11.8 Å². The summed E-state index contributed by atoms with van der Waals surface area (Å²) in [4.78, 5) is 12.7. The van der Waals surface area contributed by atoms with Crippen LogP contribution in [0.5, 0.6) is 0 Å². The number of benzene rings is 1. The van der Waals surface area contributed by atoms with Crippen LogP contribution in [0.3, 0.4) is 0 Å². The second kappa shape index (κ2) is 6.53. The summed E-state index contributed by atoms with van der Waals surface area (Å²) in [6.07, 6.45) is 3.31. The van der Waals surface area contributed by atoms with Crippen LogP contribution in [0.1, 0.15) is 5.69 Å². The van der Waals surface area contributed by atoms with Crippen molar-refractivity contribution >= 4 is 34.6 Å². The van der Waals surface area contributed by atoms with Crippen LogP contribution < -0.4 is 16.8 Å². The van der Waals surface area contributed by atoms with Gasteiger partial charge in [-0.15, -0.1) is 0 Å². The molecule has 0 bridgehead atoms. The molecule has 0 aliphatic heterocycles. The first-order valence-corrected chi connectivity index (χ1v) is 8.33. The Bertz CT molecular complexity index is 1080. The maximum absolute atomic E-state index is 6.33. The number of nitrogens with zero attached hydrogens (tertiary/aromatic N) is 4. The fourth-order valence-corrected chi connectivity index (χ4v) is 3.03. The first-order valence-electron chi connectivity index (χ1n) is 7.96. The number of aromatic nitrogens is 4. The Hall–Kier alpha value is -3.32. The molecule has 1 aromatic carbocycles. The third kappa shape index (κ3) is 2.78. The molecule has 3 aromatic heterocycles. The Morgan fingerprint density at radius 2 is 1.85 bits per heavy atom. The number of rotatable bonds is 4. The fourth-order valence-electron chi connectivity index (χ4n) is 2.82. The highest BCUT2D eigenvalue weighted by Crippen LogP contribution is 2.29. The van der Waals surface area contributed by atoms with Crippen molar-refractivity contribution in [1.82, 2.24) is 19.4 Å². The number of nitrogen functional groups attached to an aromatic ring is 2. The van der Waals surface area contributed by atoms with Crippen LogP contribution >= 0.6 is 11.6 Å². The molecule has 4 aromatic rings. The average molecular weight is 366 g/mol. The minimum absolute atomic E-state index is 0.240. The van der Waals surface area contributed by atoms with E-state index in [0.717, 1.165) is 17.0 Å². The van der Waals surface area contributed by atoms with Crippen LogP contribution in [0, 0.1) is 0 Å². The van der Waals surface area contributed by atoms with Gasteiger partial charge in [0.05, 0.1) is 23.0 Å². The predicted octanol–water partition coefficient (Wildman–Crippen LogP) is 3.22. The lowest BCUT2D eigenvalue weighted by atomic mass is 10.1. The zero-order valence-corrected chi connectivity index (χ0v) is 14.5. The molecule has 5 N–H and O–H groups in total. The normalized spacial score (nSPS) is 11.0. The molecule has 26 heavy (non-hydrogen) atoms. The van der Waals surface area contributed by atoms with Gasteiger partial charge in [-0.05, 0) is 12.1 Å². The molecule has 0 radical (unpaired) electrons. The summed E-state index contributed by atoms with van der Waals surface area (Å²) in [5.74, 6) is 0.712. The second-order valence-corrected chi connectivity index (χ2v) is 6.10. The topological polar surface area (TPSA) is 107 Å². The molecule has 4 rings (SSSR count). The number of nitrogens with two attached hydrogens (primary N) is 2. The van der Waals surface area contributed by atoms with E-state index in [1.165, 1.54) is 6.33 Å². The Kier molecular flexibility index (Phi) is 4.06. The molecule has 7 nitrogen and oxygen atoms in total. The van der Waals surface area contributed by atoms with Gasteiger partial charge in [0.1, 0.15) is 12.0 Å². The van der Waals surface area contributed by atoms with E-state index in [0.29, 0.717) is 28.7 Å². The standard InChI is InChI=1S/C18H16ClN7/c19-12-7-4-8-26-15(11-5-2-1-3-6-11)13(25-18(12)26)9-22-17-14(20)16(21)23-10-24-17/h1-8,10H,9,20H2,(H3,21,22,23,24). The highest BCUT2D eigenvalue weighted by atomic mass is 35.5. The lowest BCUT2D eigenvalue weighted by Crippen LogP contribution is -2.08. The van der Waals surface area contributed by atoms with Crippen molar-refractivity contribution in [3.8, 4) is 11.3 Å². The summed E-state index contributed by atoms with van der Waals surface area (Å²) in [5, 5.41) is 3.77. The molecule has 8 heteroatoms. The first kappa shape index (κ1) is 16.2. The predicted molar refractivity (Wildman–Crippen MR) is 104 cm³/mol. The first-order chi connectivity index (χ1) is 12.6. The van der Waals surface area contributed by atoms with Crippen LogP contribution in [-0.4, -0.2) is 19.4 Å². The number of imidazole rings is 1. The van der Waals surface area contributed by atoms with Gasteiger partial charge in [0.15, 0.2) is 17.3 Å². The van der Waals surface area contributed by atoms with E-state index < -0.39 is 0 Å². The SMILES string of the molecule is Nc1ncnc(NCc2nc3c(Cl)cccn3c2-c2ccccc2)c1N. The fraction of sp³-hybridized carbons (Fsp3) is 0.0556. The number of pyridine rings is 1. The van der Waals surface area contributed by atoms with Crippen molar-refractivity contribution in [2.75, 3.05) is 16.8 Å². The van der Waals surface area contributed by atoms with Crippen molar-refractivity contribution in [2.45, 2.75) is 6.54 Å². The molecule has 0 amide bonds. The van der Waals surface area contributed by atoms with Gasteiger partial charge in [-0.1, -0.05) is 41.9 Å². The number of halogens is 1. The van der Waals surface area contributed by atoms with Gasteiger partial charge >= 0.3 is 0 Å². The molecule has 0 unspecified atom stereocenters. The maximum Gasteiger partial charge on any atom is 0.156 e. The van der Waals surface area contributed by atoms with Crippen molar-refractivity contribution < 1.29 is 0 Å². The largest absolute Gasteiger partial charge is 0.393 e. The number of hydrogen-bond acceptors (Lipinski definition) is 6. The highest BCUT2D eigenvalue weighted by molar-refractivity contribution is 6.33. The van der Waals surface area contributed by atoms with Crippen molar-refractivity contribution in [1.29, 1.82) is 0 Å². The quantitative estimate of drug-likeness (QED) is 0.512. The number of nitrogens with one attached hydrogen (secondary N) is 1. The molecular formula is C18H16ClN7. The van der Waals surface area contributed by atoms with E-state index >= 15 is 0 Å². The summed E-state index contributed by atoms with van der Waals surface area (Å²) < 4.78 is 1.98. The molecule has 3 heterocycles. The van der Waals surface area contributed by atoms with E-state index in [2.05, 4.69) is 15.3 Å². The van der Waals surface area contributed by atoms with Gasteiger partial charge in [0.25, 0.3) is 0 Å². The number of hydrogen-bond donors (Lipinski definition) is 3. The summed E-state index contributed by atoms with van der Waals surface area (Å²) in [6.45, 7) is 0.406. The van der Waals surface area contributed by atoms with Crippen molar-refractivity contribution in [3.05, 3.63) is 65.7 Å². The Morgan fingerprint density at radius 1 is 1.04 bits per heavy atom. The lowest BCUT2D eigenvalue weighted by molar-refractivity contribution is 1.05. The highest BCUT2D eigenvalue weighted by Gasteiger charge is 2.16. The third-order valence-corrected chi connectivity index (χ3v) is 4.35. The molecule has 0 aliphatic rings. The Balaban J connectivity index is 1.79. The zero-order valence-electron chi connectivity index (χ0n) is 13.7. The van der Waals surface area contributed by atoms with Crippen LogP contribution in [0.15, 0.2) is 55.0 Å². The molecule has 130 valence electrons. The van der Waals surface area contributed by atoms with Gasteiger partial charge < -0.3 is 16.8 Å². The maximum atomic E-state index is 6.33. The van der Waals surface area contributed by atoms with Crippen molar-refractivity contribution in [3.63, 3.8) is 0 Å². The van der Waals surface area contributed by atoms with E-state index in [1.807, 2.05) is 53.1 Å². The Labute approximate surface area is 154 Å². The molecule has 0 spiro atoms. The van der Waals surface area contributed by atoms with Gasteiger partial charge in [-0.25, -0.2) is 15.0 Å². The smallest absolute Gasteiger partial charge is 0.156 e. The second-order valence-electron chi connectivity index (χ2n) is 5.70. The monoisotopic (exact) mass is 365 g/mol. The molecule has 0 fully saturated rings. The van der Waals surface area contributed by atoms with Gasteiger partial charge in [0.2, 0.25) is 0 Å². The van der Waals surface area contributed by atoms with Gasteiger partial charge in [-0.3, -0.25) is 4.40 Å². The lowest BCUT2D eigenvalue weighted by Gasteiger charge is -2.09. The van der Waals surface area contributed by atoms with Crippen LogP contribution in [0.25, 0.3) is 16.9 Å². The molecule has 0 atom stereocenters. The summed E-state index contributed by atoms with van der Waals surface area (Å²) in [6, 6.07) is 13.7. The summed E-state index contributed by atoms with van der Waals surface area (Å²) >= 11 is 6.33. The number of anilines is 3. The van der Waals surface area contributed by atoms with E-state index in [-0.39, 0.29) is 5.82 Å². The molecule has 0 aliphatic carbocycles. The van der Waals surface area contributed by atoms with Crippen LogP contribution in [-0.2, 0) is 6.54 Å². The van der Waals surface area contributed by atoms with E-state index in [9.17, 15) is 0 Å². The third-order valence-electron chi connectivity index (χ3n) is 4.06. The molecule has 0 saturated carbocycles. The van der Waals surface area contributed by atoms with Gasteiger partial charge in [-0.2, -0.15) is 0 Å². The van der Waals surface area contributed by atoms with E-state index in [4.69, 9.17) is 28.1 Å². The minimum Gasteiger partial charge on any atom is -0.393 e. The Morgan fingerprint density at radius 3 is 2.65 bits per heavy atom. The summed E-state index contributed by atoms with van der Waals surface area (Å²) in [5.41, 5.74) is 15.5. The minimum atomic E-state index is 0.240. The molecule has 0 saturated heterocycles. The summed E-state index contributed by atoms with van der Waals surface area (Å²) in [7, 11) is 0. The van der Waals surface area contributed by atoms with Crippen LogP contribution in [0.4, 0.5) is 17.3 Å². The number of fused-ring (bicyclic) bond motifs is 1. The van der Waals surface area contributed by atoms with E-state index in [1.54, 1.807) is 0 Å². The van der Waals surface area contributed by atoms with Crippen LogP contribution in [0.2, 0.25) is 5.02 Å². The zero-order chi connectivity index (χ0) is 18.1. The average Bonchev–Trinajstić information content (AvgIpc) is 3.03. The molecular weight excluding hydrogens is 350 g/mol. The van der Waals surface area contributed by atoms with Crippen molar-refractivity contribution in [2.24, 2.45) is 0 Å².